The molecule has 0 aliphatic carbocycles. The number of nitrogens with zero attached hydrogens (tertiary/aromatic N) is 2. The van der Waals surface area contributed by atoms with Gasteiger partial charge in [-0.2, -0.15) is 0 Å². The molecule has 0 spiro atoms. The van der Waals surface area contributed by atoms with Crippen LogP contribution in [0.1, 0.15) is 25.3 Å². The van der Waals surface area contributed by atoms with E-state index in [1.165, 1.54) is 18.4 Å². The molecule has 0 atom stereocenters. The topological polar surface area (TPSA) is 37.4 Å². The van der Waals surface area contributed by atoms with Crippen molar-refractivity contribution in [2.45, 2.75) is 26.3 Å². The fourth-order valence-corrected chi connectivity index (χ4v) is 2.62. The molecule has 2 rings (SSSR count). The van der Waals surface area contributed by atoms with E-state index in [2.05, 4.69) is 35.2 Å². The Morgan fingerprint density at radius 2 is 2.21 bits per heavy atom. The van der Waals surface area contributed by atoms with Crippen molar-refractivity contribution in [3.63, 3.8) is 0 Å². The fourth-order valence-electron chi connectivity index (χ4n) is 2.62. The number of pyridine rings is 1. The van der Waals surface area contributed by atoms with E-state index in [9.17, 15) is 0 Å². The summed E-state index contributed by atoms with van der Waals surface area (Å²) in [6.07, 6.45) is 4.23. The highest BCUT2D eigenvalue weighted by Gasteiger charge is 2.16. The van der Waals surface area contributed by atoms with Crippen LogP contribution in [-0.4, -0.2) is 43.2 Å². The van der Waals surface area contributed by atoms with Crippen LogP contribution in [0.15, 0.2) is 18.3 Å². The van der Waals surface area contributed by atoms with Crippen molar-refractivity contribution < 1.29 is 4.74 Å². The first-order valence-corrected chi connectivity index (χ1v) is 7.23. The van der Waals surface area contributed by atoms with E-state index in [-0.39, 0.29) is 0 Å². The molecule has 4 heteroatoms. The second-order valence-corrected chi connectivity index (χ2v) is 5.29. The molecular formula is C15H25N3O. The second-order valence-electron chi connectivity index (χ2n) is 5.29. The summed E-state index contributed by atoms with van der Waals surface area (Å²) < 4.78 is 5.41. The number of anilines is 1. The first-order valence-electron chi connectivity index (χ1n) is 7.23. The zero-order valence-electron chi connectivity index (χ0n) is 12.1. The third-order valence-electron chi connectivity index (χ3n) is 3.59. The molecule has 1 aromatic heterocycles. The number of aromatic nitrogens is 1. The fraction of sp³-hybridized carbons (Fsp3) is 0.667. The van der Waals surface area contributed by atoms with Gasteiger partial charge in [-0.3, -0.25) is 0 Å². The van der Waals surface area contributed by atoms with Crippen LogP contribution in [0.25, 0.3) is 0 Å². The molecule has 1 fully saturated rings. The van der Waals surface area contributed by atoms with Gasteiger partial charge in [0.05, 0.1) is 0 Å². The number of ether oxygens (including phenoxy) is 1. The van der Waals surface area contributed by atoms with Crippen molar-refractivity contribution in [3.05, 3.63) is 23.9 Å². The Balaban J connectivity index is 1.88. The molecule has 106 valence electrons. The third-order valence-corrected chi connectivity index (χ3v) is 3.59. The van der Waals surface area contributed by atoms with Crippen LogP contribution >= 0.6 is 0 Å². The molecule has 2 heterocycles. The summed E-state index contributed by atoms with van der Waals surface area (Å²) in [6, 6.07) is 4.17. The van der Waals surface area contributed by atoms with Crippen LogP contribution in [0.2, 0.25) is 0 Å². The lowest BCUT2D eigenvalue weighted by Crippen LogP contribution is -2.29. The maximum absolute atomic E-state index is 5.41. The summed E-state index contributed by atoms with van der Waals surface area (Å²) in [6.45, 7) is 6.96. The maximum atomic E-state index is 5.41. The van der Waals surface area contributed by atoms with Gasteiger partial charge in [-0.05, 0) is 38.8 Å². The smallest absolute Gasteiger partial charge is 0.130 e. The van der Waals surface area contributed by atoms with E-state index in [1.807, 2.05) is 12.3 Å². The summed E-state index contributed by atoms with van der Waals surface area (Å²) >= 11 is 0. The minimum atomic E-state index is 0.776. The predicted octanol–water partition coefficient (Wildman–Crippen LogP) is 2.37. The molecule has 0 aromatic carbocycles. The molecule has 0 unspecified atom stereocenters. The predicted molar refractivity (Wildman–Crippen MR) is 78.3 cm³/mol. The van der Waals surface area contributed by atoms with Crippen LogP contribution in [0, 0.1) is 5.92 Å². The van der Waals surface area contributed by atoms with Crippen LogP contribution in [0.5, 0.6) is 0 Å². The number of rotatable bonds is 6. The van der Waals surface area contributed by atoms with Gasteiger partial charge in [0, 0.05) is 44.6 Å². The molecule has 0 amide bonds. The van der Waals surface area contributed by atoms with Gasteiger partial charge < -0.3 is 15.0 Å². The van der Waals surface area contributed by atoms with E-state index in [4.69, 9.17) is 4.74 Å². The van der Waals surface area contributed by atoms with Gasteiger partial charge in [0.25, 0.3) is 0 Å². The summed E-state index contributed by atoms with van der Waals surface area (Å²) in [5.41, 5.74) is 1.28. The van der Waals surface area contributed by atoms with E-state index in [1.54, 1.807) is 0 Å². The average Bonchev–Trinajstić information content (AvgIpc) is 2.42. The van der Waals surface area contributed by atoms with Gasteiger partial charge in [0.2, 0.25) is 0 Å². The first-order chi connectivity index (χ1) is 9.29. The second kappa shape index (κ2) is 7.46. The zero-order valence-corrected chi connectivity index (χ0v) is 12.1. The Bertz CT molecular complexity index is 377. The van der Waals surface area contributed by atoms with Gasteiger partial charge in [0.1, 0.15) is 5.82 Å². The first kappa shape index (κ1) is 14.3. The van der Waals surface area contributed by atoms with Crippen LogP contribution < -0.4 is 5.32 Å². The van der Waals surface area contributed by atoms with Gasteiger partial charge >= 0.3 is 0 Å². The normalized spacial score (nSPS) is 16.8. The Morgan fingerprint density at radius 3 is 2.95 bits per heavy atom. The number of hydrogen-bond acceptors (Lipinski definition) is 4. The molecule has 0 saturated carbocycles. The molecule has 19 heavy (non-hydrogen) atoms. The highest BCUT2D eigenvalue weighted by atomic mass is 16.5. The molecule has 1 aliphatic rings. The highest BCUT2D eigenvalue weighted by Crippen LogP contribution is 2.18. The Labute approximate surface area is 116 Å². The molecule has 1 saturated heterocycles. The molecular weight excluding hydrogens is 238 g/mol. The van der Waals surface area contributed by atoms with E-state index in [0.717, 1.165) is 44.6 Å². The molecule has 1 N–H and O–H groups in total. The SMILES string of the molecule is CCNc1ncccc1CN(C)CC1CCOCC1. The van der Waals surface area contributed by atoms with Gasteiger partial charge in [-0.1, -0.05) is 6.07 Å². The summed E-state index contributed by atoms with van der Waals surface area (Å²) in [5, 5.41) is 3.33. The van der Waals surface area contributed by atoms with Crippen molar-refractivity contribution in [2.75, 3.05) is 38.7 Å². The van der Waals surface area contributed by atoms with Crippen LogP contribution in [0.4, 0.5) is 5.82 Å². The summed E-state index contributed by atoms with van der Waals surface area (Å²) in [5.74, 6) is 1.79. The zero-order chi connectivity index (χ0) is 13.5. The third kappa shape index (κ3) is 4.48. The lowest BCUT2D eigenvalue weighted by Gasteiger charge is -2.27. The monoisotopic (exact) mass is 263 g/mol. The molecule has 1 aromatic rings. The van der Waals surface area contributed by atoms with Crippen molar-refractivity contribution in [1.82, 2.24) is 9.88 Å². The van der Waals surface area contributed by atoms with Gasteiger partial charge in [-0.15, -0.1) is 0 Å². The van der Waals surface area contributed by atoms with Crippen molar-refractivity contribution >= 4 is 5.82 Å². The summed E-state index contributed by atoms with van der Waals surface area (Å²) in [4.78, 5) is 6.81. The molecule has 1 aliphatic heterocycles. The van der Waals surface area contributed by atoms with Gasteiger partial charge in [-0.25, -0.2) is 4.98 Å². The number of hydrogen-bond donors (Lipinski definition) is 1. The molecule has 4 nitrogen and oxygen atoms in total. The minimum Gasteiger partial charge on any atom is -0.381 e. The largest absolute Gasteiger partial charge is 0.381 e. The Kier molecular flexibility index (Phi) is 5.61. The standard InChI is InChI=1S/C15H25N3O/c1-3-16-15-14(5-4-8-17-15)12-18(2)11-13-6-9-19-10-7-13/h4-5,8,13H,3,6-7,9-12H2,1-2H3,(H,16,17). The molecule has 0 bridgehead atoms. The highest BCUT2D eigenvalue weighted by molar-refractivity contribution is 5.43. The van der Waals surface area contributed by atoms with E-state index in [0.29, 0.717) is 0 Å². The van der Waals surface area contributed by atoms with Crippen molar-refractivity contribution in [2.24, 2.45) is 5.92 Å². The Hall–Kier alpha value is -1.13. The van der Waals surface area contributed by atoms with Crippen LogP contribution in [0.3, 0.4) is 0 Å². The summed E-state index contributed by atoms with van der Waals surface area (Å²) in [7, 11) is 2.19. The van der Waals surface area contributed by atoms with Crippen LogP contribution in [-0.2, 0) is 11.3 Å². The lowest BCUT2D eigenvalue weighted by atomic mass is 10.00. The quantitative estimate of drug-likeness (QED) is 0.855. The van der Waals surface area contributed by atoms with Crippen molar-refractivity contribution in [1.29, 1.82) is 0 Å². The van der Waals surface area contributed by atoms with E-state index < -0.39 is 0 Å². The number of nitrogens with one attached hydrogen (secondary N) is 1. The Morgan fingerprint density at radius 1 is 1.42 bits per heavy atom. The van der Waals surface area contributed by atoms with Crippen molar-refractivity contribution in [3.8, 4) is 0 Å². The van der Waals surface area contributed by atoms with Gasteiger partial charge in [0.15, 0.2) is 0 Å². The minimum absolute atomic E-state index is 0.776. The van der Waals surface area contributed by atoms with E-state index >= 15 is 0 Å². The maximum Gasteiger partial charge on any atom is 0.130 e. The molecule has 0 radical (unpaired) electrons. The lowest BCUT2D eigenvalue weighted by molar-refractivity contribution is 0.0550. The average molecular weight is 263 g/mol.